The monoisotopic (exact) mass is 621 g/mol. The average molecular weight is 623 g/mol. The summed E-state index contributed by atoms with van der Waals surface area (Å²) in [6, 6.07) is 17.4. The lowest BCUT2D eigenvalue weighted by atomic mass is 9.71. The van der Waals surface area contributed by atoms with Crippen LogP contribution in [-0.2, 0) is 16.5 Å². The van der Waals surface area contributed by atoms with Gasteiger partial charge in [-0.2, -0.15) is 0 Å². The highest BCUT2D eigenvalue weighted by Crippen LogP contribution is 2.54. The van der Waals surface area contributed by atoms with E-state index in [0.29, 0.717) is 53.4 Å². The van der Waals surface area contributed by atoms with Crippen LogP contribution in [0.3, 0.4) is 0 Å². The maximum atomic E-state index is 14.9. The van der Waals surface area contributed by atoms with E-state index < -0.39 is 11.1 Å². The van der Waals surface area contributed by atoms with Crippen molar-refractivity contribution < 1.29 is 9.53 Å². The van der Waals surface area contributed by atoms with Crippen molar-refractivity contribution in [1.82, 2.24) is 20.1 Å². The van der Waals surface area contributed by atoms with Crippen molar-refractivity contribution in [2.45, 2.75) is 71.0 Å². The first-order valence-corrected chi connectivity index (χ1v) is 15.6. The minimum Gasteiger partial charge on any atom is -0.493 e. The number of aliphatic imine (C=N–C) groups is 1. The molecule has 2 aliphatic rings. The molecule has 3 heterocycles. The van der Waals surface area contributed by atoms with E-state index in [1.54, 1.807) is 6.20 Å². The van der Waals surface area contributed by atoms with Crippen molar-refractivity contribution in [2.75, 3.05) is 26.2 Å². The van der Waals surface area contributed by atoms with Gasteiger partial charge in [0, 0.05) is 59.1 Å². The molecule has 228 valence electrons. The normalized spacial score (nSPS) is 24.2. The number of ether oxygens (including phenoxy) is 1. The minimum absolute atomic E-state index is 0.121. The van der Waals surface area contributed by atoms with Crippen molar-refractivity contribution in [1.29, 1.82) is 0 Å². The van der Waals surface area contributed by atoms with Crippen LogP contribution in [0.1, 0.15) is 70.9 Å². The standard InChI is InChI=1S/C34H41Cl2N5O2/c1-8-43-28-19-29(32(3,4)5)38-20-27(28)30-39-33(6,23-9-13-25(35)14-10-23)34(7,24-11-15-26(36)16-12-24)41(30)31(42)40-18-17-37-22(2)21-40/h9-16,19-20,22,37H,8,17-18,21H2,1-7H3/t22-,33?,34?/m1/s1. The van der Waals surface area contributed by atoms with Gasteiger partial charge in [0.15, 0.2) is 0 Å². The molecule has 1 fully saturated rings. The number of amidine groups is 1. The molecule has 0 aliphatic carbocycles. The van der Waals surface area contributed by atoms with Crippen LogP contribution in [0.4, 0.5) is 4.79 Å². The molecule has 1 N–H and O–H groups in total. The SMILES string of the molecule is CCOc1cc(C(C)(C)C)ncc1C1=NC(C)(c2ccc(Cl)cc2)C(C)(c2ccc(Cl)cc2)N1C(=O)N1CCN[C@H](C)C1. The van der Waals surface area contributed by atoms with Crippen LogP contribution < -0.4 is 10.1 Å². The van der Waals surface area contributed by atoms with E-state index in [0.717, 1.165) is 16.8 Å². The Kier molecular flexibility index (Phi) is 8.55. The third-order valence-electron chi connectivity index (χ3n) is 8.75. The van der Waals surface area contributed by atoms with Crippen LogP contribution >= 0.6 is 23.2 Å². The molecule has 0 spiro atoms. The Hall–Kier alpha value is -3.13. The first-order valence-electron chi connectivity index (χ1n) is 14.9. The number of amides is 2. The summed E-state index contributed by atoms with van der Waals surface area (Å²) in [5, 5.41) is 4.70. The molecule has 1 saturated heterocycles. The molecule has 2 unspecified atom stereocenters. The number of benzene rings is 2. The number of piperazine rings is 1. The number of nitrogens with zero attached hydrogens (tertiary/aromatic N) is 4. The molecular formula is C34H41Cl2N5O2. The second-order valence-corrected chi connectivity index (χ2v) is 13.6. The Labute approximate surface area is 265 Å². The fourth-order valence-electron chi connectivity index (χ4n) is 6.10. The number of hydrogen-bond donors (Lipinski definition) is 1. The van der Waals surface area contributed by atoms with Gasteiger partial charge in [-0.25, -0.2) is 4.79 Å². The number of hydrogen-bond acceptors (Lipinski definition) is 5. The van der Waals surface area contributed by atoms with E-state index in [1.165, 1.54) is 0 Å². The number of aromatic nitrogens is 1. The molecule has 0 bridgehead atoms. The van der Waals surface area contributed by atoms with Gasteiger partial charge in [0.2, 0.25) is 0 Å². The van der Waals surface area contributed by atoms with Crippen LogP contribution in [0.2, 0.25) is 10.0 Å². The van der Waals surface area contributed by atoms with Crippen molar-refractivity contribution in [3.63, 3.8) is 0 Å². The smallest absolute Gasteiger partial charge is 0.326 e. The quantitative estimate of drug-likeness (QED) is 0.322. The number of carbonyl (C=O) groups is 1. The van der Waals surface area contributed by atoms with Gasteiger partial charge in [0.25, 0.3) is 0 Å². The minimum atomic E-state index is -0.960. The lowest BCUT2D eigenvalue weighted by Gasteiger charge is -2.47. The van der Waals surface area contributed by atoms with E-state index in [2.05, 4.69) is 46.9 Å². The first kappa shape index (κ1) is 31.3. The average Bonchev–Trinajstić information content (AvgIpc) is 3.21. The lowest BCUT2D eigenvalue weighted by Crippen LogP contribution is -2.61. The van der Waals surface area contributed by atoms with E-state index in [9.17, 15) is 4.79 Å². The summed E-state index contributed by atoms with van der Waals surface area (Å²) in [5.41, 5.74) is 1.33. The molecule has 0 saturated carbocycles. The highest BCUT2D eigenvalue weighted by Gasteiger charge is 2.60. The van der Waals surface area contributed by atoms with Gasteiger partial charge in [0.1, 0.15) is 22.7 Å². The zero-order valence-electron chi connectivity index (χ0n) is 26.0. The zero-order chi connectivity index (χ0) is 31.2. The summed E-state index contributed by atoms with van der Waals surface area (Å²) in [4.78, 5) is 29.0. The molecule has 5 rings (SSSR count). The van der Waals surface area contributed by atoms with Gasteiger partial charge < -0.3 is 15.0 Å². The van der Waals surface area contributed by atoms with Crippen LogP contribution in [-0.4, -0.2) is 58.9 Å². The fraction of sp³-hybridized carbons (Fsp3) is 0.441. The van der Waals surface area contributed by atoms with Crippen LogP contribution in [0, 0.1) is 0 Å². The fourth-order valence-corrected chi connectivity index (χ4v) is 6.36. The predicted octanol–water partition coefficient (Wildman–Crippen LogP) is 7.39. The molecule has 2 amide bonds. The molecule has 1 aromatic heterocycles. The summed E-state index contributed by atoms with van der Waals surface area (Å²) in [5.74, 6) is 1.16. The van der Waals surface area contributed by atoms with E-state index in [1.807, 2.05) is 71.3 Å². The Morgan fingerprint density at radius 2 is 1.65 bits per heavy atom. The molecule has 43 heavy (non-hydrogen) atoms. The van der Waals surface area contributed by atoms with E-state index in [4.69, 9.17) is 37.9 Å². The van der Waals surface area contributed by atoms with Crippen LogP contribution in [0.5, 0.6) is 5.75 Å². The zero-order valence-corrected chi connectivity index (χ0v) is 27.6. The van der Waals surface area contributed by atoms with Crippen LogP contribution in [0.15, 0.2) is 65.8 Å². The Bertz CT molecular complexity index is 1520. The van der Waals surface area contributed by atoms with Crippen molar-refractivity contribution in [3.8, 4) is 5.75 Å². The predicted molar refractivity (Wildman–Crippen MR) is 175 cm³/mol. The summed E-state index contributed by atoms with van der Waals surface area (Å²) in [7, 11) is 0. The van der Waals surface area contributed by atoms with Crippen molar-refractivity contribution in [3.05, 3.63) is 93.2 Å². The molecule has 0 radical (unpaired) electrons. The Balaban J connectivity index is 1.80. The topological polar surface area (TPSA) is 70.1 Å². The molecule has 2 aromatic carbocycles. The number of rotatable bonds is 5. The molecule has 3 aromatic rings. The van der Waals surface area contributed by atoms with Crippen molar-refractivity contribution >= 4 is 35.1 Å². The molecular weight excluding hydrogens is 581 g/mol. The molecule has 2 aliphatic heterocycles. The Morgan fingerprint density at radius 1 is 1.05 bits per heavy atom. The second kappa shape index (κ2) is 11.8. The molecule has 9 heteroatoms. The number of urea groups is 1. The lowest BCUT2D eigenvalue weighted by molar-refractivity contribution is 0.0999. The summed E-state index contributed by atoms with van der Waals surface area (Å²) >= 11 is 12.7. The molecule has 3 atom stereocenters. The molecule has 7 nitrogen and oxygen atoms in total. The maximum absolute atomic E-state index is 14.9. The second-order valence-electron chi connectivity index (χ2n) is 12.8. The highest BCUT2D eigenvalue weighted by molar-refractivity contribution is 6.30. The van der Waals surface area contributed by atoms with Crippen LogP contribution in [0.25, 0.3) is 0 Å². The number of pyridine rings is 1. The van der Waals surface area contributed by atoms with Gasteiger partial charge in [-0.3, -0.25) is 14.9 Å². The van der Waals surface area contributed by atoms with Gasteiger partial charge in [-0.1, -0.05) is 68.2 Å². The summed E-state index contributed by atoms with van der Waals surface area (Å²) in [6.07, 6.45) is 1.81. The number of carbonyl (C=O) groups excluding carboxylic acids is 1. The maximum Gasteiger partial charge on any atom is 0.326 e. The third-order valence-corrected chi connectivity index (χ3v) is 9.26. The number of halogens is 2. The van der Waals surface area contributed by atoms with Gasteiger partial charge in [-0.15, -0.1) is 0 Å². The summed E-state index contributed by atoms with van der Waals surface area (Å²) < 4.78 is 6.24. The van der Waals surface area contributed by atoms with Crippen molar-refractivity contribution in [2.24, 2.45) is 4.99 Å². The Morgan fingerprint density at radius 3 is 2.21 bits per heavy atom. The van der Waals surface area contributed by atoms with E-state index >= 15 is 0 Å². The largest absolute Gasteiger partial charge is 0.493 e. The number of nitrogens with one attached hydrogen (secondary N) is 1. The van der Waals surface area contributed by atoms with Gasteiger partial charge in [0.05, 0.1) is 12.2 Å². The van der Waals surface area contributed by atoms with Gasteiger partial charge >= 0.3 is 6.03 Å². The van der Waals surface area contributed by atoms with Gasteiger partial charge in [-0.05, 0) is 63.1 Å². The third kappa shape index (κ3) is 5.63. The highest BCUT2D eigenvalue weighted by atomic mass is 35.5. The first-order chi connectivity index (χ1) is 20.3. The van der Waals surface area contributed by atoms with E-state index in [-0.39, 0.29) is 17.5 Å². The summed E-state index contributed by atoms with van der Waals surface area (Å²) in [6.45, 7) is 16.9.